The van der Waals surface area contributed by atoms with Gasteiger partial charge in [-0.1, -0.05) is 6.92 Å². The van der Waals surface area contributed by atoms with Crippen LogP contribution in [0.15, 0.2) is 29.2 Å². The molecule has 1 aliphatic heterocycles. The molecular weight excluding hydrogens is 338 g/mol. The molecule has 25 heavy (non-hydrogen) atoms. The number of ether oxygens (including phenoxy) is 1. The third-order valence-corrected chi connectivity index (χ3v) is 5.79. The van der Waals surface area contributed by atoms with Crippen LogP contribution in [0.2, 0.25) is 0 Å². The second kappa shape index (κ2) is 8.98. The molecule has 6 nitrogen and oxygen atoms in total. The lowest BCUT2D eigenvalue weighted by atomic mass is 10.0. The maximum atomic E-state index is 12.1. The molecule has 1 saturated heterocycles. The van der Waals surface area contributed by atoms with Gasteiger partial charge in [0, 0.05) is 39.3 Å². The van der Waals surface area contributed by atoms with E-state index in [0.717, 1.165) is 45.6 Å². The number of sulfonamides is 1. The average molecular weight is 370 g/mol. The van der Waals surface area contributed by atoms with Gasteiger partial charge in [-0.15, -0.1) is 0 Å². The van der Waals surface area contributed by atoms with Crippen molar-refractivity contribution in [3.63, 3.8) is 0 Å². The van der Waals surface area contributed by atoms with E-state index in [1.165, 1.54) is 0 Å². The molecule has 0 saturated carbocycles. The lowest BCUT2D eigenvalue weighted by Crippen LogP contribution is -2.45. The molecule has 1 aliphatic rings. The quantitative estimate of drug-likeness (QED) is 0.695. The molecule has 1 aromatic carbocycles. The molecule has 2 N–H and O–H groups in total. The van der Waals surface area contributed by atoms with E-state index >= 15 is 0 Å². The van der Waals surface area contributed by atoms with Gasteiger partial charge in [-0.2, -0.15) is 0 Å². The Labute approximate surface area is 152 Å². The minimum atomic E-state index is -3.43. The first-order valence-electron chi connectivity index (χ1n) is 9.04. The highest BCUT2D eigenvalue weighted by molar-refractivity contribution is 7.89. The molecule has 0 aliphatic carbocycles. The average Bonchev–Trinajstić information content (AvgIpc) is 2.59. The van der Waals surface area contributed by atoms with Crippen LogP contribution in [-0.4, -0.2) is 58.2 Å². The van der Waals surface area contributed by atoms with Crippen molar-refractivity contribution in [2.45, 2.75) is 44.1 Å². The second-order valence-corrected chi connectivity index (χ2v) is 8.84. The van der Waals surface area contributed by atoms with Gasteiger partial charge in [0.25, 0.3) is 0 Å². The Kier molecular flexibility index (Phi) is 7.25. The largest absolute Gasteiger partial charge is 0.488 e. The summed E-state index contributed by atoms with van der Waals surface area (Å²) in [6, 6.07) is 6.65. The molecule has 0 radical (unpaired) electrons. The van der Waals surface area contributed by atoms with Crippen molar-refractivity contribution in [1.82, 2.24) is 14.9 Å². The van der Waals surface area contributed by atoms with Crippen LogP contribution in [0.3, 0.4) is 0 Å². The van der Waals surface area contributed by atoms with E-state index in [1.807, 2.05) is 6.92 Å². The highest BCUT2D eigenvalue weighted by Gasteiger charge is 2.22. The summed E-state index contributed by atoms with van der Waals surface area (Å²) in [4.78, 5) is 2.71. The molecule has 0 amide bonds. The molecule has 0 bridgehead atoms. The van der Waals surface area contributed by atoms with Crippen LogP contribution in [-0.2, 0) is 10.0 Å². The zero-order valence-corrected chi connectivity index (χ0v) is 16.4. The number of nitrogens with zero attached hydrogens (tertiary/aromatic N) is 1. The lowest BCUT2D eigenvalue weighted by Gasteiger charge is -2.32. The van der Waals surface area contributed by atoms with Gasteiger partial charge in [0.1, 0.15) is 11.4 Å². The standard InChI is InChI=1S/C18H31N3O3S/c1-4-10-20-25(22,23)17-7-5-16(6-8-17)24-18(2,3)9-13-21-14-11-19-12-15-21/h5-8,19-20H,4,9-15H2,1-3H3. The Bertz CT molecular complexity index is 623. The number of hydrogen-bond acceptors (Lipinski definition) is 5. The normalized spacial score (nSPS) is 16.8. The van der Waals surface area contributed by atoms with Crippen molar-refractivity contribution >= 4 is 10.0 Å². The summed E-state index contributed by atoms with van der Waals surface area (Å²) >= 11 is 0. The number of benzene rings is 1. The third kappa shape index (κ3) is 6.58. The van der Waals surface area contributed by atoms with Gasteiger partial charge in [-0.25, -0.2) is 13.1 Å². The van der Waals surface area contributed by atoms with Gasteiger partial charge < -0.3 is 15.0 Å². The van der Waals surface area contributed by atoms with Gasteiger partial charge in [0.2, 0.25) is 10.0 Å². The van der Waals surface area contributed by atoms with Crippen molar-refractivity contribution in [2.75, 3.05) is 39.3 Å². The summed E-state index contributed by atoms with van der Waals surface area (Å²) in [6.07, 6.45) is 1.69. The second-order valence-electron chi connectivity index (χ2n) is 7.07. The zero-order valence-electron chi connectivity index (χ0n) is 15.5. The summed E-state index contributed by atoms with van der Waals surface area (Å²) in [5, 5.41) is 3.35. The summed E-state index contributed by atoms with van der Waals surface area (Å²) in [6.45, 7) is 11.8. The SMILES string of the molecule is CCCNS(=O)(=O)c1ccc(OC(C)(C)CCN2CCNCC2)cc1. The van der Waals surface area contributed by atoms with Crippen molar-refractivity contribution < 1.29 is 13.2 Å². The van der Waals surface area contributed by atoms with E-state index in [4.69, 9.17) is 4.74 Å². The Morgan fingerprint density at radius 3 is 2.44 bits per heavy atom. The fourth-order valence-electron chi connectivity index (χ4n) is 2.74. The van der Waals surface area contributed by atoms with Crippen LogP contribution >= 0.6 is 0 Å². The van der Waals surface area contributed by atoms with Crippen LogP contribution in [0.4, 0.5) is 0 Å². The molecule has 1 fully saturated rings. The first-order valence-corrected chi connectivity index (χ1v) is 10.5. The third-order valence-electron chi connectivity index (χ3n) is 4.31. The van der Waals surface area contributed by atoms with Crippen LogP contribution in [0.1, 0.15) is 33.6 Å². The Hall–Kier alpha value is -1.15. The van der Waals surface area contributed by atoms with Crippen LogP contribution in [0.5, 0.6) is 5.75 Å². The van der Waals surface area contributed by atoms with Gasteiger partial charge in [0.05, 0.1) is 4.90 Å². The van der Waals surface area contributed by atoms with Crippen molar-refractivity contribution in [2.24, 2.45) is 0 Å². The van der Waals surface area contributed by atoms with Gasteiger partial charge in [0.15, 0.2) is 0 Å². The molecule has 7 heteroatoms. The Balaban J connectivity index is 1.90. The summed E-state index contributed by atoms with van der Waals surface area (Å²) in [5.74, 6) is 0.694. The van der Waals surface area contributed by atoms with E-state index in [-0.39, 0.29) is 10.5 Å². The van der Waals surface area contributed by atoms with Crippen LogP contribution in [0.25, 0.3) is 0 Å². The van der Waals surface area contributed by atoms with Gasteiger partial charge >= 0.3 is 0 Å². The van der Waals surface area contributed by atoms with Gasteiger partial charge in [-0.3, -0.25) is 0 Å². The molecule has 0 unspecified atom stereocenters. The van der Waals surface area contributed by atoms with Gasteiger partial charge in [-0.05, 0) is 51.0 Å². The molecule has 2 rings (SSSR count). The van der Waals surface area contributed by atoms with Crippen molar-refractivity contribution in [1.29, 1.82) is 0 Å². The molecule has 0 spiro atoms. The first-order chi connectivity index (χ1) is 11.8. The first kappa shape index (κ1) is 20.2. The monoisotopic (exact) mass is 369 g/mol. The Morgan fingerprint density at radius 1 is 1.20 bits per heavy atom. The highest BCUT2D eigenvalue weighted by atomic mass is 32.2. The fraction of sp³-hybridized carbons (Fsp3) is 0.667. The fourth-order valence-corrected chi connectivity index (χ4v) is 3.87. The van der Waals surface area contributed by atoms with Crippen molar-refractivity contribution in [3.05, 3.63) is 24.3 Å². The minimum absolute atomic E-state index is 0.270. The molecular formula is C18H31N3O3S. The summed E-state index contributed by atoms with van der Waals surface area (Å²) in [7, 11) is -3.43. The number of hydrogen-bond donors (Lipinski definition) is 2. The molecule has 0 atom stereocenters. The zero-order chi connectivity index (χ0) is 18.3. The maximum Gasteiger partial charge on any atom is 0.240 e. The number of piperazine rings is 1. The summed E-state index contributed by atoms with van der Waals surface area (Å²) < 4.78 is 32.9. The molecule has 142 valence electrons. The predicted octanol–water partition coefficient (Wildman–Crippen LogP) is 1.83. The van der Waals surface area contributed by atoms with E-state index in [0.29, 0.717) is 12.3 Å². The summed E-state index contributed by atoms with van der Waals surface area (Å²) in [5.41, 5.74) is -0.300. The van der Waals surface area contributed by atoms with E-state index < -0.39 is 10.0 Å². The van der Waals surface area contributed by atoms with E-state index in [2.05, 4.69) is 28.8 Å². The Morgan fingerprint density at radius 2 is 1.84 bits per heavy atom. The molecule has 0 aromatic heterocycles. The topological polar surface area (TPSA) is 70.7 Å². The lowest BCUT2D eigenvalue weighted by molar-refractivity contribution is 0.0808. The smallest absolute Gasteiger partial charge is 0.240 e. The van der Waals surface area contributed by atoms with E-state index in [9.17, 15) is 8.42 Å². The van der Waals surface area contributed by atoms with E-state index in [1.54, 1.807) is 24.3 Å². The number of nitrogens with one attached hydrogen (secondary N) is 2. The number of rotatable bonds is 9. The predicted molar refractivity (Wildman–Crippen MR) is 101 cm³/mol. The molecule has 1 aromatic rings. The highest BCUT2D eigenvalue weighted by Crippen LogP contribution is 2.23. The van der Waals surface area contributed by atoms with Crippen molar-refractivity contribution in [3.8, 4) is 5.75 Å². The van der Waals surface area contributed by atoms with Crippen LogP contribution in [0, 0.1) is 0 Å². The maximum absolute atomic E-state index is 12.1. The minimum Gasteiger partial charge on any atom is -0.488 e. The molecule has 1 heterocycles. The van der Waals surface area contributed by atoms with Crippen LogP contribution < -0.4 is 14.8 Å².